The van der Waals surface area contributed by atoms with E-state index in [1.807, 2.05) is 0 Å². The van der Waals surface area contributed by atoms with Gasteiger partial charge in [-0.05, 0) is 49.8 Å². The predicted molar refractivity (Wildman–Crippen MR) is 223 cm³/mol. The molecule has 1 aromatic carbocycles. The molecular weight excluding hydrogens is 682 g/mol. The van der Waals surface area contributed by atoms with Gasteiger partial charge in [0.05, 0.1) is 18.8 Å². The summed E-state index contributed by atoms with van der Waals surface area (Å²) in [6.07, 6.45) is 31.8. The Hall–Kier alpha value is -2.23. The summed E-state index contributed by atoms with van der Waals surface area (Å²) in [7, 11) is 0. The Morgan fingerprint density at radius 2 is 1.11 bits per heavy atom. The van der Waals surface area contributed by atoms with Gasteiger partial charge in [-0.15, -0.1) is 0 Å². The molecule has 0 bridgehead atoms. The van der Waals surface area contributed by atoms with Crippen molar-refractivity contribution in [2.45, 2.75) is 206 Å². The van der Waals surface area contributed by atoms with Gasteiger partial charge in [0.2, 0.25) is 5.91 Å². The van der Waals surface area contributed by atoms with Crippen molar-refractivity contribution in [3.05, 3.63) is 35.6 Å². The van der Waals surface area contributed by atoms with Crippen molar-refractivity contribution in [2.75, 3.05) is 32.9 Å². The van der Waals surface area contributed by atoms with Crippen molar-refractivity contribution in [2.24, 2.45) is 0 Å². The zero-order valence-corrected chi connectivity index (χ0v) is 34.8. The Morgan fingerprint density at radius 1 is 0.630 bits per heavy atom. The van der Waals surface area contributed by atoms with E-state index in [-0.39, 0.29) is 17.8 Å². The van der Waals surface area contributed by atoms with Gasteiger partial charge in [0, 0.05) is 32.8 Å². The standard InChI is InChI=1S/C45H82FN3O5/c1-3-5-7-9-11-13-15-17-19-21-23-27-35-53-39-42(54-36-28-24-22-20-18-16-14-12-10-8-6-4-2)38-49-44(50)43(29-25-26-34-47-45(51)52)48-37-40-30-32-41(46)33-31-40/h30-33,42-43,47-48H,3-29,34-39H2,1-2H3,(H,49,50)(H,51,52)/t42?,43-/m0/s1. The molecule has 9 heteroatoms. The maximum absolute atomic E-state index is 13.4. The van der Waals surface area contributed by atoms with E-state index >= 15 is 0 Å². The van der Waals surface area contributed by atoms with Crippen LogP contribution in [0.1, 0.15) is 193 Å². The Labute approximate surface area is 330 Å². The Bertz CT molecular complexity index is 983. The van der Waals surface area contributed by atoms with E-state index in [1.165, 1.54) is 147 Å². The van der Waals surface area contributed by atoms with Gasteiger partial charge in [-0.25, -0.2) is 9.18 Å². The van der Waals surface area contributed by atoms with Gasteiger partial charge >= 0.3 is 6.09 Å². The summed E-state index contributed by atoms with van der Waals surface area (Å²) >= 11 is 0. The van der Waals surface area contributed by atoms with Crippen LogP contribution in [0.5, 0.6) is 0 Å². The molecule has 0 radical (unpaired) electrons. The fraction of sp³-hybridized carbons (Fsp3) is 0.822. The monoisotopic (exact) mass is 764 g/mol. The van der Waals surface area contributed by atoms with E-state index in [0.29, 0.717) is 58.7 Å². The number of amides is 2. The van der Waals surface area contributed by atoms with Gasteiger partial charge in [0.15, 0.2) is 0 Å². The summed E-state index contributed by atoms with van der Waals surface area (Å²) in [6.45, 7) is 7.47. The van der Waals surface area contributed by atoms with Gasteiger partial charge in [0.1, 0.15) is 5.82 Å². The summed E-state index contributed by atoms with van der Waals surface area (Å²) in [5.74, 6) is -0.419. The largest absolute Gasteiger partial charge is 0.465 e. The van der Waals surface area contributed by atoms with Crippen LogP contribution in [0.15, 0.2) is 24.3 Å². The summed E-state index contributed by atoms with van der Waals surface area (Å²) in [5, 5.41) is 17.7. The highest BCUT2D eigenvalue weighted by molar-refractivity contribution is 5.81. The third-order valence-electron chi connectivity index (χ3n) is 10.3. The van der Waals surface area contributed by atoms with Crippen LogP contribution in [0.2, 0.25) is 0 Å². The second kappa shape index (κ2) is 37.7. The molecule has 0 saturated carbocycles. The van der Waals surface area contributed by atoms with Crippen molar-refractivity contribution in [3.63, 3.8) is 0 Å². The van der Waals surface area contributed by atoms with Crippen LogP contribution in [-0.2, 0) is 20.8 Å². The lowest BCUT2D eigenvalue weighted by atomic mass is 10.1. The molecule has 8 nitrogen and oxygen atoms in total. The second-order valence-corrected chi connectivity index (χ2v) is 15.4. The van der Waals surface area contributed by atoms with E-state index in [4.69, 9.17) is 14.6 Å². The molecule has 0 aliphatic heterocycles. The molecule has 0 aromatic heterocycles. The molecule has 0 aliphatic rings. The number of hydrogen-bond donors (Lipinski definition) is 4. The van der Waals surface area contributed by atoms with E-state index in [9.17, 15) is 14.0 Å². The van der Waals surface area contributed by atoms with E-state index in [0.717, 1.165) is 24.8 Å². The first kappa shape index (κ1) is 49.8. The van der Waals surface area contributed by atoms with Crippen LogP contribution in [-0.4, -0.2) is 62.2 Å². The van der Waals surface area contributed by atoms with Gasteiger partial charge in [-0.3, -0.25) is 4.79 Å². The lowest BCUT2D eigenvalue weighted by molar-refractivity contribution is -0.124. The highest BCUT2D eigenvalue weighted by atomic mass is 19.1. The molecule has 0 saturated heterocycles. The maximum Gasteiger partial charge on any atom is 0.404 e. The van der Waals surface area contributed by atoms with Crippen LogP contribution in [0, 0.1) is 5.82 Å². The van der Waals surface area contributed by atoms with E-state index < -0.39 is 12.1 Å². The predicted octanol–water partition coefficient (Wildman–Crippen LogP) is 11.6. The molecule has 4 N–H and O–H groups in total. The normalized spacial score (nSPS) is 12.5. The number of unbranched alkanes of at least 4 members (excludes halogenated alkanes) is 23. The summed E-state index contributed by atoms with van der Waals surface area (Å²) < 4.78 is 25.8. The minimum absolute atomic E-state index is 0.122. The number of benzene rings is 1. The first-order valence-corrected chi connectivity index (χ1v) is 22.4. The smallest absolute Gasteiger partial charge is 0.404 e. The van der Waals surface area contributed by atoms with Crippen molar-refractivity contribution >= 4 is 12.0 Å². The van der Waals surface area contributed by atoms with Gasteiger partial charge < -0.3 is 30.5 Å². The third kappa shape index (κ3) is 32.1. The lowest BCUT2D eigenvalue weighted by Crippen LogP contribution is -2.47. The van der Waals surface area contributed by atoms with Crippen molar-refractivity contribution in [3.8, 4) is 0 Å². The fourth-order valence-corrected chi connectivity index (χ4v) is 6.79. The molecule has 1 unspecified atom stereocenters. The topological polar surface area (TPSA) is 109 Å². The fourth-order valence-electron chi connectivity index (χ4n) is 6.79. The van der Waals surface area contributed by atoms with Crippen LogP contribution in [0.25, 0.3) is 0 Å². The number of rotatable bonds is 40. The molecule has 0 fully saturated rings. The Balaban J connectivity index is 2.49. The van der Waals surface area contributed by atoms with E-state index in [1.54, 1.807) is 12.1 Å². The second-order valence-electron chi connectivity index (χ2n) is 15.4. The number of halogens is 1. The highest BCUT2D eigenvalue weighted by Crippen LogP contribution is 2.14. The van der Waals surface area contributed by atoms with Crippen molar-refractivity contribution in [1.82, 2.24) is 16.0 Å². The molecular formula is C45H82FN3O5. The van der Waals surface area contributed by atoms with Crippen LogP contribution in [0.3, 0.4) is 0 Å². The third-order valence-corrected chi connectivity index (χ3v) is 10.3. The number of nitrogens with one attached hydrogen (secondary N) is 3. The SMILES string of the molecule is CCCCCCCCCCCCCCOCC(CNC(=O)[C@H](CCCCNC(=O)O)NCc1ccc(F)cc1)OCCCCCCCCCCCCCC. The Morgan fingerprint density at radius 3 is 1.61 bits per heavy atom. The van der Waals surface area contributed by atoms with Gasteiger partial charge in [0.25, 0.3) is 0 Å². The molecule has 2 amide bonds. The number of carbonyl (C=O) groups excluding carboxylic acids is 1. The first-order chi connectivity index (χ1) is 26.5. The molecule has 54 heavy (non-hydrogen) atoms. The number of carboxylic acid groups (broad SMARTS) is 1. The van der Waals surface area contributed by atoms with E-state index in [2.05, 4.69) is 29.8 Å². The molecule has 0 heterocycles. The molecule has 314 valence electrons. The van der Waals surface area contributed by atoms with Crippen molar-refractivity contribution < 1.29 is 28.6 Å². The van der Waals surface area contributed by atoms with Gasteiger partial charge in [-0.1, -0.05) is 167 Å². The summed E-state index contributed by atoms with van der Waals surface area (Å²) in [4.78, 5) is 24.3. The zero-order valence-electron chi connectivity index (χ0n) is 34.8. The average Bonchev–Trinajstić information content (AvgIpc) is 3.16. The molecule has 1 rings (SSSR count). The summed E-state index contributed by atoms with van der Waals surface area (Å²) in [5.41, 5.74) is 0.886. The number of ether oxygens (including phenoxy) is 2. The minimum Gasteiger partial charge on any atom is -0.465 e. The van der Waals surface area contributed by atoms with Crippen molar-refractivity contribution in [1.29, 1.82) is 0 Å². The van der Waals surface area contributed by atoms with Crippen LogP contribution in [0.4, 0.5) is 9.18 Å². The van der Waals surface area contributed by atoms with Gasteiger partial charge in [-0.2, -0.15) is 0 Å². The quantitative estimate of drug-likeness (QED) is 0.0496. The average molecular weight is 764 g/mol. The zero-order chi connectivity index (χ0) is 39.2. The number of hydrogen-bond acceptors (Lipinski definition) is 5. The minimum atomic E-state index is -1.05. The Kier molecular flexibility index (Phi) is 34.7. The molecule has 0 aliphatic carbocycles. The first-order valence-electron chi connectivity index (χ1n) is 22.4. The number of carbonyl (C=O) groups is 2. The molecule has 2 atom stereocenters. The molecule has 0 spiro atoms. The summed E-state index contributed by atoms with van der Waals surface area (Å²) in [6, 6.07) is 5.78. The maximum atomic E-state index is 13.4. The van der Waals surface area contributed by atoms with Crippen LogP contribution >= 0.6 is 0 Å². The molecule has 1 aromatic rings. The van der Waals surface area contributed by atoms with Crippen LogP contribution < -0.4 is 16.0 Å². The highest BCUT2D eigenvalue weighted by Gasteiger charge is 2.20. The lowest BCUT2D eigenvalue weighted by Gasteiger charge is -2.22.